The molecule has 11 heteroatoms. The van der Waals surface area contributed by atoms with E-state index in [1.807, 2.05) is 0 Å². The molecule has 0 aliphatic heterocycles. The molecular formula is C44H74N4O6S. The lowest BCUT2D eigenvalue weighted by Crippen LogP contribution is -2.30. The van der Waals surface area contributed by atoms with Gasteiger partial charge in [0.2, 0.25) is 21.7 Å². The zero-order valence-electron chi connectivity index (χ0n) is 34.3. The summed E-state index contributed by atoms with van der Waals surface area (Å²) in [4.78, 5) is 25.0. The predicted octanol–water partition coefficient (Wildman–Crippen LogP) is 9.45. The second-order valence-electron chi connectivity index (χ2n) is 14.6. The number of nitrogens with one attached hydrogen (secondary N) is 4. The molecule has 0 saturated carbocycles. The number of carbonyl (C=O) groups excluding carboxylic acids is 2. The number of amides is 2. The van der Waals surface area contributed by atoms with Gasteiger partial charge in [0, 0.05) is 37.7 Å². The Balaban J connectivity index is 1.53. The summed E-state index contributed by atoms with van der Waals surface area (Å²) >= 11 is 0. The van der Waals surface area contributed by atoms with Crippen LogP contribution in [0.25, 0.3) is 0 Å². The third-order valence-corrected chi connectivity index (χ3v) is 11.4. The lowest BCUT2D eigenvalue weighted by molar-refractivity contribution is -0.116. The van der Waals surface area contributed by atoms with Crippen molar-refractivity contribution >= 4 is 33.0 Å². The minimum atomic E-state index is -3.78. The van der Waals surface area contributed by atoms with Gasteiger partial charge in [-0.25, -0.2) is 8.42 Å². The maximum absolute atomic E-state index is 13.2. The zero-order valence-corrected chi connectivity index (χ0v) is 35.1. The summed E-state index contributed by atoms with van der Waals surface area (Å²) in [5.41, 5.74) is 1.02. The third kappa shape index (κ3) is 24.4. The van der Waals surface area contributed by atoms with Gasteiger partial charge in [0.1, 0.15) is 0 Å². The van der Waals surface area contributed by atoms with Gasteiger partial charge in [0.25, 0.3) is 0 Å². The van der Waals surface area contributed by atoms with Crippen molar-refractivity contribution in [1.29, 1.82) is 0 Å². The average Bonchev–Trinajstić information content (AvgIpc) is 3.18. The first-order valence-electron chi connectivity index (χ1n) is 21.5. The molecule has 0 fully saturated rings. The molecular weight excluding hydrogens is 713 g/mol. The highest BCUT2D eigenvalue weighted by Gasteiger charge is 2.18. The Bertz CT molecular complexity index is 1260. The molecule has 0 aliphatic carbocycles. The Kier molecular flexibility index (Phi) is 28.4. The quantitative estimate of drug-likeness (QED) is 0.0502. The van der Waals surface area contributed by atoms with Crippen molar-refractivity contribution in [3.63, 3.8) is 0 Å². The minimum Gasteiger partial charge on any atom is -0.380 e. The molecule has 0 spiro atoms. The summed E-state index contributed by atoms with van der Waals surface area (Å²) < 4.78 is 37.8. The van der Waals surface area contributed by atoms with Crippen molar-refractivity contribution in [2.24, 2.45) is 0 Å². The Morgan fingerprint density at radius 3 is 1.09 bits per heavy atom. The molecule has 0 unspecified atom stereocenters. The van der Waals surface area contributed by atoms with Gasteiger partial charge in [0.05, 0.1) is 36.1 Å². The number of hydrogen-bond donors (Lipinski definition) is 4. The van der Waals surface area contributed by atoms with E-state index in [2.05, 4.69) is 35.1 Å². The highest BCUT2D eigenvalue weighted by Crippen LogP contribution is 2.24. The Labute approximate surface area is 334 Å². The Hall–Kier alpha value is -2.83. The SMILES string of the molecule is CCCCCCCCCCCCOCCNCC(=O)Nc1ccc(S(=O)(=O)c2ccc(NC(=O)CNCCOCCCCCCCCCCCC)cc2)cc1. The van der Waals surface area contributed by atoms with Crippen LogP contribution in [0, 0.1) is 0 Å². The number of anilines is 2. The largest absolute Gasteiger partial charge is 0.380 e. The molecule has 0 radical (unpaired) electrons. The van der Waals surface area contributed by atoms with E-state index in [0.29, 0.717) is 37.7 Å². The van der Waals surface area contributed by atoms with Gasteiger partial charge in [-0.15, -0.1) is 0 Å². The van der Waals surface area contributed by atoms with Crippen molar-refractivity contribution in [2.75, 3.05) is 63.2 Å². The highest BCUT2D eigenvalue weighted by atomic mass is 32.2. The lowest BCUT2D eigenvalue weighted by Gasteiger charge is -2.10. The van der Waals surface area contributed by atoms with Gasteiger partial charge in [-0.05, 0) is 61.4 Å². The zero-order chi connectivity index (χ0) is 39.7. The van der Waals surface area contributed by atoms with Crippen LogP contribution in [0.2, 0.25) is 0 Å². The van der Waals surface area contributed by atoms with E-state index in [1.54, 1.807) is 24.3 Å². The number of ether oxygens (including phenoxy) is 2. The van der Waals surface area contributed by atoms with Gasteiger partial charge in [0.15, 0.2) is 0 Å². The van der Waals surface area contributed by atoms with Crippen LogP contribution in [0.5, 0.6) is 0 Å². The van der Waals surface area contributed by atoms with Gasteiger partial charge < -0.3 is 30.7 Å². The van der Waals surface area contributed by atoms with Crippen molar-refractivity contribution in [2.45, 2.75) is 152 Å². The normalized spacial score (nSPS) is 11.5. The molecule has 0 heterocycles. The summed E-state index contributed by atoms with van der Waals surface area (Å²) in [6, 6.07) is 12.2. The van der Waals surface area contributed by atoms with Crippen molar-refractivity contribution < 1.29 is 27.5 Å². The Morgan fingerprint density at radius 2 is 0.764 bits per heavy atom. The van der Waals surface area contributed by atoms with Crippen LogP contribution in [-0.4, -0.2) is 72.8 Å². The first-order chi connectivity index (χ1) is 26.9. The number of hydrogen-bond acceptors (Lipinski definition) is 8. The topological polar surface area (TPSA) is 135 Å². The van der Waals surface area contributed by atoms with Crippen molar-refractivity contribution in [3.05, 3.63) is 48.5 Å². The smallest absolute Gasteiger partial charge is 0.238 e. The number of sulfone groups is 1. The summed E-state index contributed by atoms with van der Waals surface area (Å²) in [6.45, 7) is 8.52. The molecule has 0 bridgehead atoms. The molecule has 312 valence electrons. The molecule has 55 heavy (non-hydrogen) atoms. The van der Waals surface area contributed by atoms with Gasteiger partial charge in [-0.2, -0.15) is 0 Å². The second kappa shape index (κ2) is 32.3. The summed E-state index contributed by atoms with van der Waals surface area (Å²) in [6.07, 6.45) is 25.9. The van der Waals surface area contributed by atoms with E-state index in [1.165, 1.54) is 140 Å². The van der Waals surface area contributed by atoms with Gasteiger partial charge in [-0.3, -0.25) is 9.59 Å². The van der Waals surface area contributed by atoms with E-state index < -0.39 is 9.84 Å². The van der Waals surface area contributed by atoms with Gasteiger partial charge >= 0.3 is 0 Å². The molecule has 2 rings (SSSR count). The van der Waals surface area contributed by atoms with E-state index in [-0.39, 0.29) is 34.7 Å². The van der Waals surface area contributed by atoms with E-state index >= 15 is 0 Å². The number of benzene rings is 2. The Morgan fingerprint density at radius 1 is 0.455 bits per heavy atom. The third-order valence-electron chi connectivity index (χ3n) is 9.60. The second-order valence-corrected chi connectivity index (χ2v) is 16.5. The van der Waals surface area contributed by atoms with Gasteiger partial charge in [-0.1, -0.05) is 129 Å². The van der Waals surface area contributed by atoms with Crippen LogP contribution in [-0.2, 0) is 28.9 Å². The minimum absolute atomic E-state index is 0.111. The first-order valence-corrected chi connectivity index (χ1v) is 23.0. The molecule has 2 aromatic carbocycles. The molecule has 0 atom stereocenters. The van der Waals surface area contributed by atoms with Crippen LogP contribution >= 0.6 is 0 Å². The molecule has 0 saturated heterocycles. The molecule has 2 aromatic rings. The van der Waals surface area contributed by atoms with Crippen LogP contribution < -0.4 is 21.3 Å². The van der Waals surface area contributed by atoms with Crippen molar-refractivity contribution in [3.8, 4) is 0 Å². The number of rotatable bonds is 36. The fraction of sp³-hybridized carbons (Fsp3) is 0.682. The number of unbranched alkanes of at least 4 members (excludes halogenated alkanes) is 18. The standard InChI is InChI=1S/C44H74N4O6S/c1-3-5-7-9-11-13-15-17-19-21-33-53-35-31-45-37-43(49)47-39-23-27-41(28-24-39)55(51,52)42-29-25-40(26-30-42)48-44(50)38-46-32-36-54-34-22-20-18-16-14-12-10-8-6-4-2/h23-30,45-46H,3-22,31-38H2,1-2H3,(H,47,49)(H,48,50). The van der Waals surface area contributed by atoms with Crippen molar-refractivity contribution in [1.82, 2.24) is 10.6 Å². The molecule has 0 aromatic heterocycles. The molecule has 0 aliphatic rings. The monoisotopic (exact) mass is 787 g/mol. The van der Waals surface area contributed by atoms with E-state index in [4.69, 9.17) is 9.47 Å². The van der Waals surface area contributed by atoms with E-state index in [9.17, 15) is 18.0 Å². The maximum atomic E-state index is 13.2. The fourth-order valence-corrected chi connectivity index (χ4v) is 7.52. The summed E-state index contributed by atoms with van der Waals surface area (Å²) in [5, 5.41) is 11.7. The van der Waals surface area contributed by atoms with Crippen LogP contribution in [0.3, 0.4) is 0 Å². The first kappa shape index (κ1) is 48.3. The van der Waals surface area contributed by atoms with E-state index in [0.717, 1.165) is 26.1 Å². The number of carbonyl (C=O) groups is 2. The highest BCUT2D eigenvalue weighted by molar-refractivity contribution is 7.91. The average molecular weight is 787 g/mol. The van der Waals surface area contributed by atoms with Crippen LogP contribution in [0.1, 0.15) is 142 Å². The lowest BCUT2D eigenvalue weighted by atomic mass is 10.1. The summed E-state index contributed by atoms with van der Waals surface area (Å²) in [5.74, 6) is -0.433. The van der Waals surface area contributed by atoms with Crippen LogP contribution in [0.15, 0.2) is 58.3 Å². The van der Waals surface area contributed by atoms with Crippen LogP contribution in [0.4, 0.5) is 11.4 Å². The fourth-order valence-electron chi connectivity index (χ4n) is 6.26. The maximum Gasteiger partial charge on any atom is 0.238 e. The molecule has 4 N–H and O–H groups in total. The predicted molar refractivity (Wildman–Crippen MR) is 227 cm³/mol. The molecule has 10 nitrogen and oxygen atoms in total. The molecule has 2 amide bonds. The summed E-state index contributed by atoms with van der Waals surface area (Å²) in [7, 11) is -3.78.